The van der Waals surface area contributed by atoms with Gasteiger partial charge in [-0.3, -0.25) is 14.8 Å². The first-order chi connectivity index (χ1) is 39.7. The minimum atomic E-state index is -1.62. The number of rotatable bonds is 12. The molecule has 1 unspecified atom stereocenters. The number of ether oxygens (including phenoxy) is 1. The Balaban J connectivity index is 0.000000150. The van der Waals surface area contributed by atoms with E-state index in [2.05, 4.69) is 107 Å². The van der Waals surface area contributed by atoms with Crippen LogP contribution in [0.15, 0.2) is 123 Å². The first-order valence-corrected chi connectivity index (χ1v) is 35.8. The molecule has 84 heavy (non-hydrogen) atoms. The normalized spacial score (nSPS) is 14.3. The van der Waals surface area contributed by atoms with E-state index in [4.69, 9.17) is 29.5 Å². The van der Waals surface area contributed by atoms with Gasteiger partial charge in [-0.15, -0.1) is 0 Å². The molecule has 2 aromatic carbocycles. The van der Waals surface area contributed by atoms with Gasteiger partial charge in [0.25, 0.3) is 0 Å². The van der Waals surface area contributed by atoms with Crippen LogP contribution in [0.5, 0.6) is 0 Å². The molecule has 10 aromatic rings. The summed E-state index contributed by atoms with van der Waals surface area (Å²) in [5.74, 6) is 4.71. The SMILES string of the molecule is C[Si](C)(C)N(c1ccc(Br)cn1)[Si](C)(C)C.Cc1noc(C)c1-c1cc(C(=O)c2ccccn2)c2nc(C3CC3)n(C(=O)OC(C)(C)C)c2c1.Cc1noc(C)c1-c1cc(C(O)(c2ccc(N)nc2)c2ccccn2)c2nc(C3CC3)[nH]c2c1. The number of benzene rings is 2. The van der Waals surface area contributed by atoms with Gasteiger partial charge < -0.3 is 33.8 Å². The summed E-state index contributed by atoms with van der Waals surface area (Å²) < 4.78 is 21.7. The van der Waals surface area contributed by atoms with Gasteiger partial charge in [-0.05, 0) is 168 Å². The molecule has 2 saturated carbocycles. The number of aliphatic hydroxyl groups is 1. The molecular weight excluding hydrogens is 1160 g/mol. The van der Waals surface area contributed by atoms with Crippen molar-refractivity contribution in [1.29, 1.82) is 0 Å². The van der Waals surface area contributed by atoms with E-state index >= 15 is 0 Å². The second kappa shape index (κ2) is 22.9. The number of aromatic nitrogens is 10. The number of carbonyl (C=O) groups is 2. The summed E-state index contributed by atoms with van der Waals surface area (Å²) in [6.45, 7) is 27.2. The number of halogens is 1. The number of hydrogen-bond acceptors (Lipinski definition) is 16. The number of nitrogens with one attached hydrogen (secondary N) is 1. The van der Waals surface area contributed by atoms with Crippen molar-refractivity contribution in [2.45, 2.75) is 136 Å². The maximum absolute atomic E-state index is 13.6. The van der Waals surface area contributed by atoms with Crippen molar-refractivity contribution in [2.24, 2.45) is 0 Å². The monoisotopic (exact) mass is 1230 g/mol. The van der Waals surface area contributed by atoms with E-state index in [1.807, 2.05) is 85.0 Å². The lowest BCUT2D eigenvalue weighted by atomic mass is 9.81. The van der Waals surface area contributed by atoms with Gasteiger partial charge in [-0.1, -0.05) is 67.8 Å². The Morgan fingerprint density at radius 3 is 1.88 bits per heavy atom. The highest BCUT2D eigenvalue weighted by molar-refractivity contribution is 9.10. The number of pyridine rings is 4. The molecular formula is C63H71BrN12O6Si2. The average molecular weight is 1230 g/mol. The predicted octanol–water partition coefficient (Wildman–Crippen LogP) is 14.3. The topological polar surface area (TPSA) is 243 Å². The Morgan fingerprint density at radius 2 is 1.37 bits per heavy atom. The average Bonchev–Trinajstić information content (AvgIpc) is 2.49. The van der Waals surface area contributed by atoms with Gasteiger partial charge in [0.15, 0.2) is 5.60 Å². The van der Waals surface area contributed by atoms with Crippen molar-refractivity contribution in [3.8, 4) is 22.3 Å². The first-order valence-electron chi connectivity index (χ1n) is 28.1. The minimum Gasteiger partial charge on any atom is -0.443 e. The zero-order valence-electron chi connectivity index (χ0n) is 49.8. The van der Waals surface area contributed by atoms with Crippen LogP contribution in [0.4, 0.5) is 16.4 Å². The van der Waals surface area contributed by atoms with Gasteiger partial charge in [-0.2, -0.15) is 0 Å². The molecule has 434 valence electrons. The number of imidazole rings is 2. The molecule has 2 aliphatic carbocycles. The van der Waals surface area contributed by atoms with Gasteiger partial charge in [0.05, 0.1) is 39.2 Å². The fraction of sp³-hybridized carbons (Fsp3) is 0.333. The number of nitrogens with two attached hydrogens (primary N) is 1. The molecule has 0 radical (unpaired) electrons. The molecule has 2 aliphatic rings. The molecule has 4 N–H and O–H groups in total. The summed E-state index contributed by atoms with van der Waals surface area (Å²) in [6, 6.07) is 26.0. The second-order valence-corrected chi connectivity index (χ2v) is 35.6. The second-order valence-electron chi connectivity index (χ2n) is 24.6. The largest absolute Gasteiger partial charge is 0.443 e. The van der Waals surface area contributed by atoms with Gasteiger partial charge in [0, 0.05) is 63.3 Å². The number of fused-ring (bicyclic) bond motifs is 2. The number of aryl methyl sites for hydroxylation is 4. The van der Waals surface area contributed by atoms with Gasteiger partial charge in [-0.25, -0.2) is 29.3 Å². The lowest BCUT2D eigenvalue weighted by Crippen LogP contribution is -2.59. The highest BCUT2D eigenvalue weighted by Crippen LogP contribution is 2.46. The Morgan fingerprint density at radius 1 is 0.738 bits per heavy atom. The molecule has 8 aromatic heterocycles. The highest BCUT2D eigenvalue weighted by atomic mass is 79.9. The number of H-pyrrole nitrogens is 1. The van der Waals surface area contributed by atoms with Crippen molar-refractivity contribution < 1.29 is 28.5 Å². The molecule has 0 bridgehead atoms. The molecule has 12 rings (SSSR count). The fourth-order valence-electron chi connectivity index (χ4n) is 11.0. The lowest BCUT2D eigenvalue weighted by Gasteiger charge is -2.44. The van der Waals surface area contributed by atoms with E-state index in [0.29, 0.717) is 79.4 Å². The third-order valence-electron chi connectivity index (χ3n) is 14.6. The molecule has 0 spiro atoms. The number of hydrogen-bond donors (Lipinski definition) is 3. The molecule has 21 heteroatoms. The van der Waals surface area contributed by atoms with Crippen LogP contribution in [0.1, 0.15) is 126 Å². The Kier molecular flexibility index (Phi) is 16.1. The van der Waals surface area contributed by atoms with Crippen LogP contribution < -0.4 is 9.96 Å². The van der Waals surface area contributed by atoms with E-state index < -0.39 is 33.8 Å². The fourth-order valence-corrected chi connectivity index (χ4v) is 20.9. The molecule has 2 fully saturated rings. The zero-order chi connectivity index (χ0) is 60.2. The number of carbonyl (C=O) groups excluding carboxylic acids is 2. The predicted molar refractivity (Wildman–Crippen MR) is 335 cm³/mol. The van der Waals surface area contributed by atoms with Gasteiger partial charge in [0.1, 0.15) is 68.1 Å². The summed E-state index contributed by atoms with van der Waals surface area (Å²) >= 11 is 3.44. The zero-order valence-corrected chi connectivity index (χ0v) is 53.4. The smallest absolute Gasteiger partial charge is 0.420 e. The van der Waals surface area contributed by atoms with Crippen molar-refractivity contribution in [3.63, 3.8) is 0 Å². The summed E-state index contributed by atoms with van der Waals surface area (Å²) in [5, 5.41) is 20.7. The van der Waals surface area contributed by atoms with Crippen LogP contribution in [-0.4, -0.2) is 88.8 Å². The number of ketones is 1. The molecule has 0 aliphatic heterocycles. The number of nitrogens with zero attached hydrogens (tertiary/aromatic N) is 10. The third-order valence-corrected chi connectivity index (χ3v) is 22.2. The minimum absolute atomic E-state index is 0.153. The van der Waals surface area contributed by atoms with Crippen molar-refractivity contribution in [3.05, 3.63) is 177 Å². The van der Waals surface area contributed by atoms with Crippen LogP contribution in [0.25, 0.3) is 44.3 Å². The van der Waals surface area contributed by atoms with E-state index in [1.165, 1.54) is 4.57 Å². The summed E-state index contributed by atoms with van der Waals surface area (Å²) in [6.07, 6.45) is 10.3. The molecule has 0 saturated heterocycles. The molecule has 0 amide bonds. The van der Waals surface area contributed by atoms with Crippen molar-refractivity contribution >= 4 is 78.0 Å². The van der Waals surface area contributed by atoms with E-state index in [9.17, 15) is 14.7 Å². The molecule has 1 atom stereocenters. The third kappa shape index (κ3) is 12.3. The molecule has 18 nitrogen and oxygen atoms in total. The lowest BCUT2D eigenvalue weighted by molar-refractivity contribution is 0.0538. The summed E-state index contributed by atoms with van der Waals surface area (Å²) in [7, 11) is -2.73. The van der Waals surface area contributed by atoms with Crippen LogP contribution in [0.3, 0.4) is 0 Å². The number of anilines is 2. The van der Waals surface area contributed by atoms with Crippen LogP contribution >= 0.6 is 15.9 Å². The first kappa shape index (κ1) is 59.2. The Hall–Kier alpha value is -7.99. The van der Waals surface area contributed by atoms with Crippen LogP contribution in [-0.2, 0) is 10.3 Å². The van der Waals surface area contributed by atoms with Crippen LogP contribution in [0, 0.1) is 27.7 Å². The van der Waals surface area contributed by atoms with Crippen molar-refractivity contribution in [2.75, 3.05) is 9.96 Å². The molecule has 8 heterocycles. The summed E-state index contributed by atoms with van der Waals surface area (Å²) in [4.78, 5) is 57.8. The van der Waals surface area contributed by atoms with Gasteiger partial charge in [0.2, 0.25) is 5.78 Å². The number of aromatic amines is 1. The van der Waals surface area contributed by atoms with Gasteiger partial charge >= 0.3 is 6.09 Å². The Labute approximate surface area is 499 Å². The number of nitrogen functional groups attached to an aromatic ring is 1. The van der Waals surface area contributed by atoms with Crippen LogP contribution in [0.2, 0.25) is 39.3 Å². The maximum atomic E-state index is 13.6. The Bertz CT molecular complexity index is 3990. The summed E-state index contributed by atoms with van der Waals surface area (Å²) in [5.41, 5.74) is 13.1. The quantitative estimate of drug-likeness (QED) is 0.0760. The van der Waals surface area contributed by atoms with Crippen molar-refractivity contribution in [1.82, 2.24) is 49.8 Å². The van der Waals surface area contributed by atoms with E-state index in [0.717, 1.165) is 75.3 Å². The van der Waals surface area contributed by atoms with E-state index in [1.54, 1.807) is 61.1 Å². The van der Waals surface area contributed by atoms with E-state index in [-0.39, 0.29) is 11.7 Å². The standard InChI is InChI=1S/C26H24N6O2.C26H26N4O4.C11H21BrN2Si2/c1-14-23(15(2)34-32-14)17-11-19(24-20(12-17)30-25(31-24)16-6-7-16)26(33,21-5-3-4-10-28-21)18-8-9-22(27)29-13-18;1-14-21(15(2)34-29-14)17-12-18(23(31)19-8-6-7-11-27-19)22-20(13-17)30(24(28-22)16-9-10-16)25(32)33-26(3,4)5;1-15(2,3)14(16(4,5)6)11-8-7-10(12)9-13-11/h3-5,8-13,16,33H,6-7H2,1-2H3,(H2,27,29)(H,30,31);6-8,11-13,16H,9-10H2,1-5H3;7-9H,1-6H3. The maximum Gasteiger partial charge on any atom is 0.420 e. The highest BCUT2D eigenvalue weighted by Gasteiger charge is 2.41.